The van der Waals surface area contributed by atoms with E-state index in [9.17, 15) is 0 Å². The van der Waals surface area contributed by atoms with E-state index < -0.39 is 0 Å². The van der Waals surface area contributed by atoms with Gasteiger partial charge in [0.2, 0.25) is 0 Å². The smallest absolute Gasteiger partial charge is 0.00892 e. The molecule has 0 aliphatic carbocycles. The summed E-state index contributed by atoms with van der Waals surface area (Å²) in [6.45, 7) is 4.16. The van der Waals surface area contributed by atoms with Crippen molar-refractivity contribution in [2.24, 2.45) is 5.73 Å². The van der Waals surface area contributed by atoms with Gasteiger partial charge in [-0.05, 0) is 25.7 Å². The molecule has 0 heterocycles. The van der Waals surface area contributed by atoms with Crippen molar-refractivity contribution < 1.29 is 0 Å². The SMILES string of the molecule is CCC#CCCCC(N)CCCC#CCC. The van der Waals surface area contributed by atoms with Crippen LogP contribution in [0.25, 0.3) is 0 Å². The fourth-order valence-corrected chi connectivity index (χ4v) is 1.48. The van der Waals surface area contributed by atoms with Gasteiger partial charge in [-0.3, -0.25) is 0 Å². The number of unbranched alkanes of at least 4 members (excludes halogenated alkanes) is 2. The van der Waals surface area contributed by atoms with Crippen LogP contribution in [0.15, 0.2) is 0 Å². The molecule has 0 radical (unpaired) electrons. The molecule has 0 atom stereocenters. The zero-order valence-corrected chi connectivity index (χ0v) is 10.8. The number of rotatable bonds is 6. The van der Waals surface area contributed by atoms with Crippen molar-refractivity contribution in [3.05, 3.63) is 0 Å². The first-order chi connectivity index (χ1) is 7.81. The summed E-state index contributed by atoms with van der Waals surface area (Å²) in [7, 11) is 0. The van der Waals surface area contributed by atoms with E-state index >= 15 is 0 Å². The Morgan fingerprint density at radius 1 is 0.812 bits per heavy atom. The second kappa shape index (κ2) is 12.2. The molecule has 0 aliphatic rings. The Morgan fingerprint density at radius 2 is 1.25 bits per heavy atom. The maximum Gasteiger partial charge on any atom is 0.00892 e. The molecule has 0 rings (SSSR count). The Balaban J connectivity index is 3.34. The van der Waals surface area contributed by atoms with Crippen LogP contribution in [-0.2, 0) is 0 Å². The molecular formula is C15H25N. The molecule has 1 nitrogen and oxygen atoms in total. The van der Waals surface area contributed by atoms with E-state index in [4.69, 9.17) is 5.73 Å². The second-order valence-corrected chi connectivity index (χ2v) is 3.96. The van der Waals surface area contributed by atoms with Gasteiger partial charge < -0.3 is 5.73 Å². The zero-order valence-electron chi connectivity index (χ0n) is 10.8. The van der Waals surface area contributed by atoms with Gasteiger partial charge in [0.25, 0.3) is 0 Å². The molecular weight excluding hydrogens is 194 g/mol. The van der Waals surface area contributed by atoms with Crippen LogP contribution < -0.4 is 5.73 Å². The Bertz CT molecular complexity index is 231. The van der Waals surface area contributed by atoms with Gasteiger partial charge in [-0.1, -0.05) is 13.8 Å². The fraction of sp³-hybridized carbons (Fsp3) is 0.733. The van der Waals surface area contributed by atoms with Crippen LogP contribution in [0.2, 0.25) is 0 Å². The van der Waals surface area contributed by atoms with E-state index in [2.05, 4.69) is 37.5 Å². The first-order valence-corrected chi connectivity index (χ1v) is 6.48. The summed E-state index contributed by atoms with van der Waals surface area (Å²) >= 11 is 0. The van der Waals surface area contributed by atoms with Gasteiger partial charge in [0, 0.05) is 31.7 Å². The molecule has 0 aromatic carbocycles. The van der Waals surface area contributed by atoms with Crippen molar-refractivity contribution in [1.82, 2.24) is 0 Å². The zero-order chi connectivity index (χ0) is 12.1. The minimum Gasteiger partial charge on any atom is -0.328 e. The second-order valence-electron chi connectivity index (χ2n) is 3.96. The van der Waals surface area contributed by atoms with Crippen LogP contribution in [0, 0.1) is 23.7 Å². The average molecular weight is 219 g/mol. The average Bonchev–Trinajstić information content (AvgIpc) is 2.28. The first kappa shape index (κ1) is 15.1. The standard InChI is InChI=1S/C15H25N/c1-3-5-7-9-11-13-15(16)14-12-10-8-6-4-2/h15H,3-4,9-14,16H2,1-2H3. The van der Waals surface area contributed by atoms with E-state index in [0.29, 0.717) is 6.04 Å². The molecule has 0 bridgehead atoms. The summed E-state index contributed by atoms with van der Waals surface area (Å²) in [4.78, 5) is 0. The van der Waals surface area contributed by atoms with E-state index in [-0.39, 0.29) is 0 Å². The molecule has 16 heavy (non-hydrogen) atoms. The molecule has 0 saturated heterocycles. The summed E-state index contributed by atoms with van der Waals surface area (Å²) in [6, 6.07) is 0.340. The normalized spacial score (nSPS) is 9.25. The summed E-state index contributed by atoms with van der Waals surface area (Å²) in [5.41, 5.74) is 6.01. The van der Waals surface area contributed by atoms with E-state index in [1.807, 2.05) is 0 Å². The van der Waals surface area contributed by atoms with Gasteiger partial charge in [-0.15, -0.1) is 23.7 Å². The lowest BCUT2D eigenvalue weighted by Crippen LogP contribution is -2.19. The van der Waals surface area contributed by atoms with Gasteiger partial charge in [0.05, 0.1) is 0 Å². The minimum absolute atomic E-state index is 0.340. The number of hydrogen-bond acceptors (Lipinski definition) is 1. The lowest BCUT2D eigenvalue weighted by atomic mass is 10.0. The van der Waals surface area contributed by atoms with Crippen molar-refractivity contribution in [2.75, 3.05) is 0 Å². The van der Waals surface area contributed by atoms with Crippen molar-refractivity contribution in [3.63, 3.8) is 0 Å². The molecule has 0 aromatic heterocycles. The molecule has 2 N–H and O–H groups in total. The van der Waals surface area contributed by atoms with Crippen molar-refractivity contribution in [2.45, 2.75) is 71.3 Å². The minimum atomic E-state index is 0.340. The van der Waals surface area contributed by atoms with Gasteiger partial charge in [0.15, 0.2) is 0 Å². The van der Waals surface area contributed by atoms with Crippen LogP contribution in [-0.4, -0.2) is 6.04 Å². The van der Waals surface area contributed by atoms with Crippen LogP contribution in [0.3, 0.4) is 0 Å². The van der Waals surface area contributed by atoms with Crippen LogP contribution in [0.5, 0.6) is 0 Å². The number of hydrogen-bond donors (Lipinski definition) is 1. The predicted octanol–water partition coefficient (Wildman–Crippen LogP) is 3.48. The lowest BCUT2D eigenvalue weighted by Gasteiger charge is -2.08. The largest absolute Gasteiger partial charge is 0.328 e. The molecule has 0 saturated carbocycles. The van der Waals surface area contributed by atoms with Crippen LogP contribution in [0.1, 0.15) is 65.2 Å². The van der Waals surface area contributed by atoms with Crippen LogP contribution >= 0.6 is 0 Å². The molecule has 0 spiro atoms. The highest BCUT2D eigenvalue weighted by Crippen LogP contribution is 2.05. The van der Waals surface area contributed by atoms with Gasteiger partial charge in [-0.25, -0.2) is 0 Å². The Kier molecular flexibility index (Phi) is 11.5. The van der Waals surface area contributed by atoms with Gasteiger partial charge in [0.1, 0.15) is 0 Å². The summed E-state index contributed by atoms with van der Waals surface area (Å²) in [6.07, 6.45) is 8.38. The van der Waals surface area contributed by atoms with Crippen molar-refractivity contribution in [3.8, 4) is 23.7 Å². The van der Waals surface area contributed by atoms with Gasteiger partial charge in [-0.2, -0.15) is 0 Å². The monoisotopic (exact) mass is 219 g/mol. The maximum atomic E-state index is 6.01. The third-order valence-corrected chi connectivity index (χ3v) is 2.36. The van der Waals surface area contributed by atoms with Gasteiger partial charge >= 0.3 is 0 Å². The van der Waals surface area contributed by atoms with E-state index in [0.717, 1.165) is 51.4 Å². The third-order valence-electron chi connectivity index (χ3n) is 2.36. The summed E-state index contributed by atoms with van der Waals surface area (Å²) in [5, 5.41) is 0. The summed E-state index contributed by atoms with van der Waals surface area (Å²) < 4.78 is 0. The molecule has 0 fully saturated rings. The highest BCUT2D eigenvalue weighted by molar-refractivity contribution is 4.98. The quantitative estimate of drug-likeness (QED) is 0.537. The van der Waals surface area contributed by atoms with E-state index in [1.165, 1.54) is 0 Å². The highest BCUT2D eigenvalue weighted by atomic mass is 14.6. The lowest BCUT2D eigenvalue weighted by molar-refractivity contribution is 0.536. The van der Waals surface area contributed by atoms with Crippen molar-refractivity contribution >= 4 is 0 Å². The molecule has 0 unspecified atom stereocenters. The highest BCUT2D eigenvalue weighted by Gasteiger charge is 2.00. The molecule has 0 aliphatic heterocycles. The van der Waals surface area contributed by atoms with E-state index in [1.54, 1.807) is 0 Å². The third kappa shape index (κ3) is 11.2. The fourth-order valence-electron chi connectivity index (χ4n) is 1.48. The Hall–Kier alpha value is -0.920. The molecule has 0 aromatic rings. The maximum absolute atomic E-state index is 6.01. The predicted molar refractivity (Wildman–Crippen MR) is 71.8 cm³/mol. The Labute approximate surface area is 101 Å². The van der Waals surface area contributed by atoms with Crippen LogP contribution in [0.4, 0.5) is 0 Å². The van der Waals surface area contributed by atoms with Crippen molar-refractivity contribution in [1.29, 1.82) is 0 Å². The Morgan fingerprint density at radius 3 is 1.62 bits per heavy atom. The summed E-state index contributed by atoms with van der Waals surface area (Å²) in [5.74, 6) is 12.5. The topological polar surface area (TPSA) is 26.0 Å². The number of nitrogens with two attached hydrogens (primary N) is 1. The molecule has 90 valence electrons. The molecule has 1 heteroatoms. The first-order valence-electron chi connectivity index (χ1n) is 6.48. The molecule has 0 amide bonds.